The fourth-order valence-electron chi connectivity index (χ4n) is 2.51. The maximum atomic E-state index is 11.9. The van der Waals surface area contributed by atoms with Crippen molar-refractivity contribution in [2.24, 2.45) is 0 Å². The highest BCUT2D eigenvalue weighted by Crippen LogP contribution is 2.24. The number of hydrogen-bond donors (Lipinski definition) is 1. The third-order valence-electron chi connectivity index (χ3n) is 3.76. The highest BCUT2D eigenvalue weighted by Gasteiger charge is 2.21. The molecule has 5 heteroatoms. The van der Waals surface area contributed by atoms with Crippen molar-refractivity contribution < 1.29 is 4.79 Å². The third-order valence-corrected chi connectivity index (χ3v) is 5.66. The predicted molar refractivity (Wildman–Crippen MR) is 84.5 cm³/mol. The van der Waals surface area contributed by atoms with Crippen LogP contribution in [0.15, 0.2) is 29.0 Å². The fraction of sp³-hybridized carbons (Fsp3) is 0.400. The second kappa shape index (κ2) is 6.08. The molecule has 1 aliphatic heterocycles. The molecule has 2 aromatic heterocycles. The molecular formula is C15H18N2OS2. The van der Waals surface area contributed by atoms with E-state index in [2.05, 4.69) is 28.6 Å². The highest BCUT2D eigenvalue weighted by molar-refractivity contribution is 7.12. The third kappa shape index (κ3) is 2.95. The number of fused-ring (bicyclic) bond motifs is 1. The average molecular weight is 306 g/mol. The Morgan fingerprint density at radius 1 is 1.40 bits per heavy atom. The summed E-state index contributed by atoms with van der Waals surface area (Å²) < 4.78 is 0. The summed E-state index contributed by atoms with van der Waals surface area (Å²) in [6, 6.07) is 6.37. The van der Waals surface area contributed by atoms with Crippen LogP contribution in [0.5, 0.6) is 0 Å². The normalized spacial score (nSPS) is 16.6. The summed E-state index contributed by atoms with van der Waals surface area (Å²) in [6.45, 7) is 4.99. The minimum absolute atomic E-state index is 0.0417. The van der Waals surface area contributed by atoms with Crippen LogP contribution >= 0.6 is 22.7 Å². The molecule has 0 aliphatic carbocycles. The van der Waals surface area contributed by atoms with E-state index in [4.69, 9.17) is 0 Å². The van der Waals surface area contributed by atoms with Gasteiger partial charge < -0.3 is 5.32 Å². The van der Waals surface area contributed by atoms with Crippen molar-refractivity contribution in [1.29, 1.82) is 0 Å². The van der Waals surface area contributed by atoms with Crippen molar-refractivity contribution in [1.82, 2.24) is 10.2 Å². The van der Waals surface area contributed by atoms with E-state index < -0.39 is 0 Å². The Morgan fingerprint density at radius 3 is 3.10 bits per heavy atom. The predicted octanol–water partition coefficient (Wildman–Crippen LogP) is 2.99. The van der Waals surface area contributed by atoms with Gasteiger partial charge in [-0.1, -0.05) is 6.07 Å². The van der Waals surface area contributed by atoms with Crippen LogP contribution in [0.1, 0.15) is 27.0 Å². The van der Waals surface area contributed by atoms with E-state index in [-0.39, 0.29) is 5.91 Å². The molecule has 1 N–H and O–H groups in total. The van der Waals surface area contributed by atoms with Crippen molar-refractivity contribution in [3.63, 3.8) is 0 Å². The van der Waals surface area contributed by atoms with Gasteiger partial charge in [-0.15, -0.1) is 22.7 Å². The van der Waals surface area contributed by atoms with Crippen LogP contribution in [0.2, 0.25) is 0 Å². The molecule has 0 unspecified atom stereocenters. The SMILES string of the molecule is C[C@@H](CNC(=O)c1cccs1)N1CCc2sccc2C1. The van der Waals surface area contributed by atoms with Gasteiger partial charge in [0, 0.05) is 30.6 Å². The first-order chi connectivity index (χ1) is 9.74. The summed E-state index contributed by atoms with van der Waals surface area (Å²) in [4.78, 5) is 16.7. The Balaban J connectivity index is 1.53. The number of nitrogens with zero attached hydrogens (tertiary/aromatic N) is 1. The van der Waals surface area contributed by atoms with Crippen molar-refractivity contribution >= 4 is 28.6 Å². The van der Waals surface area contributed by atoms with E-state index in [1.54, 1.807) is 0 Å². The summed E-state index contributed by atoms with van der Waals surface area (Å²) in [7, 11) is 0. The van der Waals surface area contributed by atoms with Gasteiger partial charge in [0.1, 0.15) is 0 Å². The second-order valence-corrected chi connectivity index (χ2v) is 7.07. The second-order valence-electron chi connectivity index (χ2n) is 5.13. The molecule has 0 aromatic carbocycles. The Hall–Kier alpha value is -1.17. The van der Waals surface area contributed by atoms with E-state index in [1.165, 1.54) is 21.8 Å². The molecule has 0 spiro atoms. The number of amides is 1. The van der Waals surface area contributed by atoms with Crippen LogP contribution in [0.3, 0.4) is 0 Å². The number of carbonyl (C=O) groups excluding carboxylic acids is 1. The van der Waals surface area contributed by atoms with Gasteiger partial charge in [-0.25, -0.2) is 0 Å². The number of hydrogen-bond acceptors (Lipinski definition) is 4. The molecule has 20 heavy (non-hydrogen) atoms. The monoisotopic (exact) mass is 306 g/mol. The van der Waals surface area contributed by atoms with Crippen LogP contribution in [0.25, 0.3) is 0 Å². The number of thiophene rings is 2. The summed E-state index contributed by atoms with van der Waals surface area (Å²) in [5, 5.41) is 7.14. The minimum atomic E-state index is 0.0417. The molecule has 3 rings (SSSR count). The molecule has 0 fully saturated rings. The van der Waals surface area contributed by atoms with Crippen LogP contribution < -0.4 is 5.32 Å². The Bertz CT molecular complexity index is 576. The molecule has 3 heterocycles. The maximum Gasteiger partial charge on any atom is 0.261 e. The first-order valence-electron chi connectivity index (χ1n) is 6.85. The molecule has 106 valence electrons. The van der Waals surface area contributed by atoms with Crippen molar-refractivity contribution in [2.45, 2.75) is 25.9 Å². The largest absolute Gasteiger partial charge is 0.350 e. The molecule has 0 bridgehead atoms. The standard InChI is InChI=1S/C15H18N2OS2/c1-11(9-16-15(18)14-3-2-7-19-14)17-6-4-13-12(10-17)5-8-20-13/h2-3,5,7-8,11H,4,6,9-10H2,1H3,(H,16,18)/t11-/m0/s1. The summed E-state index contributed by atoms with van der Waals surface area (Å²) in [6.07, 6.45) is 1.14. The van der Waals surface area contributed by atoms with Crippen molar-refractivity contribution in [2.75, 3.05) is 13.1 Å². The fourth-order valence-corrected chi connectivity index (χ4v) is 4.04. The van der Waals surface area contributed by atoms with Gasteiger partial charge in [-0.3, -0.25) is 9.69 Å². The van der Waals surface area contributed by atoms with Gasteiger partial charge in [-0.05, 0) is 41.8 Å². The summed E-state index contributed by atoms with van der Waals surface area (Å²) >= 11 is 3.35. The molecule has 0 radical (unpaired) electrons. The Labute approximate surface area is 127 Å². The lowest BCUT2D eigenvalue weighted by atomic mass is 10.1. The van der Waals surface area contributed by atoms with Gasteiger partial charge in [0.25, 0.3) is 5.91 Å². The maximum absolute atomic E-state index is 11.9. The lowest BCUT2D eigenvalue weighted by Gasteiger charge is -2.32. The zero-order valence-electron chi connectivity index (χ0n) is 11.5. The topological polar surface area (TPSA) is 32.3 Å². The Morgan fingerprint density at radius 2 is 2.30 bits per heavy atom. The van der Waals surface area contributed by atoms with Crippen molar-refractivity contribution in [3.05, 3.63) is 44.3 Å². The molecule has 1 atom stereocenters. The lowest BCUT2D eigenvalue weighted by molar-refractivity contribution is 0.0937. The minimum Gasteiger partial charge on any atom is -0.350 e. The van der Waals surface area contributed by atoms with E-state index in [9.17, 15) is 4.79 Å². The van der Waals surface area contributed by atoms with Crippen molar-refractivity contribution in [3.8, 4) is 0 Å². The van der Waals surface area contributed by atoms with Gasteiger partial charge >= 0.3 is 0 Å². The first-order valence-corrected chi connectivity index (χ1v) is 8.61. The van der Waals surface area contributed by atoms with Gasteiger partial charge in [0.15, 0.2) is 0 Å². The van der Waals surface area contributed by atoms with Gasteiger partial charge in [0.05, 0.1) is 4.88 Å². The molecule has 1 amide bonds. The first kappa shape index (κ1) is 13.8. The van der Waals surface area contributed by atoms with E-state index in [0.29, 0.717) is 12.6 Å². The lowest BCUT2D eigenvalue weighted by Crippen LogP contribution is -2.44. The molecule has 0 saturated heterocycles. The average Bonchev–Trinajstić information content (AvgIpc) is 3.13. The van der Waals surface area contributed by atoms with E-state index in [1.807, 2.05) is 28.8 Å². The van der Waals surface area contributed by atoms with Gasteiger partial charge in [-0.2, -0.15) is 0 Å². The quantitative estimate of drug-likeness (QED) is 0.942. The molecule has 2 aromatic rings. The number of nitrogens with one attached hydrogen (secondary N) is 1. The molecule has 3 nitrogen and oxygen atoms in total. The van der Waals surface area contributed by atoms with E-state index in [0.717, 1.165) is 24.4 Å². The molecule has 1 aliphatic rings. The van der Waals surface area contributed by atoms with E-state index >= 15 is 0 Å². The van der Waals surface area contributed by atoms with Crippen LogP contribution in [0.4, 0.5) is 0 Å². The summed E-state index contributed by atoms with van der Waals surface area (Å²) in [5.74, 6) is 0.0417. The number of rotatable bonds is 4. The van der Waals surface area contributed by atoms with Crippen LogP contribution in [-0.4, -0.2) is 29.9 Å². The Kier molecular flexibility index (Phi) is 4.19. The summed E-state index contributed by atoms with van der Waals surface area (Å²) in [5.41, 5.74) is 1.46. The van der Waals surface area contributed by atoms with Crippen LogP contribution in [0, 0.1) is 0 Å². The zero-order chi connectivity index (χ0) is 13.9. The highest BCUT2D eigenvalue weighted by atomic mass is 32.1. The molecular weight excluding hydrogens is 288 g/mol. The van der Waals surface area contributed by atoms with Crippen LogP contribution in [-0.2, 0) is 13.0 Å². The smallest absolute Gasteiger partial charge is 0.261 e. The zero-order valence-corrected chi connectivity index (χ0v) is 13.1. The van der Waals surface area contributed by atoms with Gasteiger partial charge in [0.2, 0.25) is 0 Å². The number of carbonyl (C=O) groups is 1. The molecule has 0 saturated carbocycles.